The van der Waals surface area contributed by atoms with E-state index in [2.05, 4.69) is 20.8 Å². The molecule has 0 aromatic carbocycles. The summed E-state index contributed by atoms with van der Waals surface area (Å²) in [6.45, 7) is 6.61. The molecule has 0 spiro atoms. The first-order valence-electron chi connectivity index (χ1n) is 3.56. The fourth-order valence-corrected chi connectivity index (χ4v) is 3.63. The van der Waals surface area contributed by atoms with Crippen molar-refractivity contribution in [2.24, 2.45) is 5.92 Å². The molecule has 0 saturated heterocycles. The summed E-state index contributed by atoms with van der Waals surface area (Å²) < 4.78 is 0. The summed E-state index contributed by atoms with van der Waals surface area (Å²) in [5, 5.41) is 0.617. The maximum absolute atomic E-state index is 5.76. The second kappa shape index (κ2) is 6.68. The van der Waals surface area contributed by atoms with Gasteiger partial charge in [-0.3, -0.25) is 0 Å². The third-order valence-electron chi connectivity index (χ3n) is 1.21. The predicted octanol–water partition coefficient (Wildman–Crippen LogP) is 3.65. The van der Waals surface area contributed by atoms with Crippen LogP contribution in [0, 0.1) is 5.92 Å². The van der Waals surface area contributed by atoms with Crippen LogP contribution in [0.1, 0.15) is 20.8 Å². The smallest absolute Gasteiger partial charge is 0.0353 e. The first kappa shape index (κ1) is 11.0. The lowest BCUT2D eigenvalue weighted by molar-refractivity contribution is 0.649. The highest BCUT2D eigenvalue weighted by Gasteiger charge is 2.11. The SMILES string of the molecule is CCSS[C@@H](CCl)C(C)C. The van der Waals surface area contributed by atoms with Crippen molar-refractivity contribution in [2.45, 2.75) is 26.0 Å². The van der Waals surface area contributed by atoms with E-state index in [0.717, 1.165) is 5.88 Å². The Kier molecular flexibility index (Phi) is 7.35. The molecule has 0 unspecified atom stereocenters. The fraction of sp³-hybridized carbons (Fsp3) is 1.00. The maximum atomic E-state index is 5.76. The first-order chi connectivity index (χ1) is 4.72. The van der Waals surface area contributed by atoms with Gasteiger partial charge in [0, 0.05) is 16.9 Å². The van der Waals surface area contributed by atoms with Gasteiger partial charge in [-0.25, -0.2) is 0 Å². The molecule has 0 saturated carbocycles. The van der Waals surface area contributed by atoms with E-state index < -0.39 is 0 Å². The Morgan fingerprint density at radius 2 is 2.00 bits per heavy atom. The monoisotopic (exact) mass is 198 g/mol. The topological polar surface area (TPSA) is 0 Å². The lowest BCUT2D eigenvalue weighted by Gasteiger charge is -2.15. The van der Waals surface area contributed by atoms with Gasteiger partial charge in [-0.05, 0) is 5.92 Å². The van der Waals surface area contributed by atoms with Crippen LogP contribution in [0.4, 0.5) is 0 Å². The average Bonchev–Trinajstić information content (AvgIpc) is 1.89. The summed E-state index contributed by atoms with van der Waals surface area (Å²) >= 11 is 5.76. The summed E-state index contributed by atoms with van der Waals surface area (Å²) in [5.41, 5.74) is 0. The van der Waals surface area contributed by atoms with Gasteiger partial charge in [-0.1, -0.05) is 42.4 Å². The van der Waals surface area contributed by atoms with Gasteiger partial charge in [-0.2, -0.15) is 0 Å². The van der Waals surface area contributed by atoms with Crippen molar-refractivity contribution in [3.63, 3.8) is 0 Å². The minimum atomic E-state index is 0.617. The van der Waals surface area contributed by atoms with Crippen molar-refractivity contribution >= 4 is 33.2 Å². The normalized spacial score (nSPS) is 14.1. The zero-order valence-corrected chi connectivity index (χ0v) is 9.15. The molecule has 0 aromatic heterocycles. The van der Waals surface area contributed by atoms with E-state index >= 15 is 0 Å². The van der Waals surface area contributed by atoms with Crippen molar-refractivity contribution in [1.29, 1.82) is 0 Å². The highest BCUT2D eigenvalue weighted by Crippen LogP contribution is 2.31. The molecular weight excluding hydrogens is 184 g/mol. The Morgan fingerprint density at radius 3 is 2.30 bits per heavy atom. The molecule has 0 amide bonds. The van der Waals surface area contributed by atoms with Gasteiger partial charge in [0.15, 0.2) is 0 Å². The molecule has 0 N–H and O–H groups in total. The third-order valence-corrected chi connectivity index (χ3v) is 4.91. The number of halogens is 1. The highest BCUT2D eigenvalue weighted by atomic mass is 35.5. The van der Waals surface area contributed by atoms with Crippen LogP contribution in [-0.4, -0.2) is 16.9 Å². The van der Waals surface area contributed by atoms with E-state index in [4.69, 9.17) is 11.6 Å². The predicted molar refractivity (Wildman–Crippen MR) is 55.1 cm³/mol. The molecule has 0 aromatic rings. The summed E-state index contributed by atoms with van der Waals surface area (Å²) in [6.07, 6.45) is 0. The molecule has 0 rings (SSSR count). The van der Waals surface area contributed by atoms with Gasteiger partial charge in [0.25, 0.3) is 0 Å². The first-order valence-corrected chi connectivity index (χ1v) is 6.48. The zero-order chi connectivity index (χ0) is 7.98. The largest absolute Gasteiger partial charge is 0.125 e. The van der Waals surface area contributed by atoms with Crippen LogP contribution < -0.4 is 0 Å². The number of hydrogen-bond donors (Lipinski definition) is 0. The van der Waals surface area contributed by atoms with E-state index in [1.54, 1.807) is 0 Å². The van der Waals surface area contributed by atoms with Gasteiger partial charge < -0.3 is 0 Å². The van der Waals surface area contributed by atoms with Gasteiger partial charge in [0.05, 0.1) is 0 Å². The van der Waals surface area contributed by atoms with Crippen LogP contribution in [0.15, 0.2) is 0 Å². The maximum Gasteiger partial charge on any atom is 0.0353 e. The zero-order valence-electron chi connectivity index (χ0n) is 6.76. The Bertz CT molecular complexity index is 76.0. The lowest BCUT2D eigenvalue weighted by atomic mass is 10.1. The summed E-state index contributed by atoms with van der Waals surface area (Å²) in [4.78, 5) is 0. The van der Waals surface area contributed by atoms with Gasteiger partial charge in [0.2, 0.25) is 0 Å². The summed E-state index contributed by atoms with van der Waals surface area (Å²) in [7, 11) is 3.82. The van der Waals surface area contributed by atoms with E-state index in [1.165, 1.54) is 5.75 Å². The Morgan fingerprint density at radius 1 is 1.40 bits per heavy atom. The molecule has 10 heavy (non-hydrogen) atoms. The van der Waals surface area contributed by atoms with Crippen LogP contribution in [-0.2, 0) is 0 Å². The standard InChI is InChI=1S/C7H15ClS2/c1-4-9-10-7(5-8)6(2)3/h6-7H,4-5H2,1-3H3/t7-/m0/s1. The molecule has 1 atom stereocenters. The van der Waals surface area contributed by atoms with E-state index in [9.17, 15) is 0 Å². The van der Waals surface area contributed by atoms with Crippen molar-refractivity contribution in [3.05, 3.63) is 0 Å². The van der Waals surface area contributed by atoms with Crippen molar-refractivity contribution < 1.29 is 0 Å². The molecule has 0 aliphatic carbocycles. The van der Waals surface area contributed by atoms with E-state index in [-0.39, 0.29) is 0 Å². The van der Waals surface area contributed by atoms with E-state index in [0.29, 0.717) is 11.2 Å². The van der Waals surface area contributed by atoms with Gasteiger partial charge in [0.1, 0.15) is 0 Å². The van der Waals surface area contributed by atoms with Crippen LogP contribution in [0.2, 0.25) is 0 Å². The Balaban J connectivity index is 3.40. The molecule has 0 radical (unpaired) electrons. The number of alkyl halides is 1. The molecule has 0 aliphatic rings. The summed E-state index contributed by atoms with van der Waals surface area (Å²) in [6, 6.07) is 0. The molecule has 62 valence electrons. The molecule has 3 heteroatoms. The minimum Gasteiger partial charge on any atom is -0.125 e. The van der Waals surface area contributed by atoms with E-state index in [1.807, 2.05) is 21.6 Å². The van der Waals surface area contributed by atoms with Crippen molar-refractivity contribution in [3.8, 4) is 0 Å². The number of hydrogen-bond acceptors (Lipinski definition) is 2. The van der Waals surface area contributed by atoms with Crippen LogP contribution >= 0.6 is 33.2 Å². The second-order valence-corrected chi connectivity index (χ2v) is 5.64. The molecular formula is C7H15ClS2. The van der Waals surface area contributed by atoms with Crippen LogP contribution in [0.5, 0.6) is 0 Å². The molecule has 0 aliphatic heterocycles. The Hall–Kier alpha value is 0.990. The quantitative estimate of drug-likeness (QED) is 0.489. The fourth-order valence-electron chi connectivity index (χ4n) is 0.470. The number of rotatable bonds is 5. The minimum absolute atomic E-state index is 0.617. The molecule has 0 bridgehead atoms. The van der Waals surface area contributed by atoms with Crippen molar-refractivity contribution in [1.82, 2.24) is 0 Å². The van der Waals surface area contributed by atoms with Gasteiger partial charge >= 0.3 is 0 Å². The molecule has 0 fully saturated rings. The second-order valence-electron chi connectivity index (χ2n) is 2.44. The third kappa shape index (κ3) is 4.75. The molecule has 0 heterocycles. The van der Waals surface area contributed by atoms with Crippen LogP contribution in [0.25, 0.3) is 0 Å². The highest BCUT2D eigenvalue weighted by molar-refractivity contribution is 8.76. The lowest BCUT2D eigenvalue weighted by Crippen LogP contribution is -2.11. The van der Waals surface area contributed by atoms with Crippen LogP contribution in [0.3, 0.4) is 0 Å². The summed E-state index contributed by atoms with van der Waals surface area (Å²) in [5.74, 6) is 2.64. The average molecular weight is 199 g/mol. The van der Waals surface area contributed by atoms with Gasteiger partial charge in [-0.15, -0.1) is 11.6 Å². The van der Waals surface area contributed by atoms with Crippen molar-refractivity contribution in [2.75, 3.05) is 11.6 Å². The Labute approximate surface area is 76.9 Å². The molecule has 0 nitrogen and oxygen atoms in total.